The third-order valence-corrected chi connectivity index (χ3v) is 8.21. The first-order valence-electron chi connectivity index (χ1n) is 14.1. The Kier molecular flexibility index (Phi) is 9.96. The molecule has 0 amide bonds. The Morgan fingerprint density at radius 1 is 1.29 bits per heavy atom. The van der Waals surface area contributed by atoms with Crippen molar-refractivity contribution in [3.05, 3.63) is 46.6 Å². The van der Waals surface area contributed by atoms with Crippen molar-refractivity contribution in [2.75, 3.05) is 20.3 Å². The molecule has 3 aliphatic rings. The lowest BCUT2D eigenvalue weighted by Crippen LogP contribution is -2.69. The molecule has 0 radical (unpaired) electrons. The summed E-state index contributed by atoms with van der Waals surface area (Å²) in [5.74, 6) is -2.76. The summed E-state index contributed by atoms with van der Waals surface area (Å²) in [6.07, 6.45) is -1.59. The molecule has 4 rings (SSSR count). The second kappa shape index (κ2) is 13.1. The Morgan fingerprint density at radius 2 is 2.02 bits per heavy atom. The van der Waals surface area contributed by atoms with Gasteiger partial charge in [0.25, 0.3) is 0 Å². The van der Waals surface area contributed by atoms with E-state index in [1.54, 1.807) is 6.08 Å². The second-order valence-electron chi connectivity index (χ2n) is 11.2. The molecular weight excluding hydrogens is 550 g/mol. The number of methoxy groups -OCH3 is 1. The number of hydrogen-bond acceptors (Lipinski definition) is 10. The van der Waals surface area contributed by atoms with Crippen LogP contribution < -0.4 is 15.6 Å². The van der Waals surface area contributed by atoms with E-state index < -0.39 is 66.7 Å². The van der Waals surface area contributed by atoms with Gasteiger partial charge in [-0.25, -0.2) is 4.79 Å². The number of hydrogen-bond donors (Lipinski definition) is 5. The average molecular weight is 591 g/mol. The van der Waals surface area contributed by atoms with Crippen LogP contribution in [0, 0.1) is 11.8 Å². The SMILES string of the molecule is C=CC1C(OC2OC(CO)C3(C=c4cc(C(C)C)[n-]c4=C(CCCO)O3)C(O)C2O)CC=C(C(=O)OC)C1CC(=O)O. The Morgan fingerprint density at radius 3 is 2.62 bits per heavy atom. The largest absolute Gasteiger partial charge is 0.658 e. The highest BCUT2D eigenvalue weighted by molar-refractivity contribution is 5.90. The van der Waals surface area contributed by atoms with Crippen molar-refractivity contribution in [3.8, 4) is 0 Å². The summed E-state index contributed by atoms with van der Waals surface area (Å²) < 4.78 is 23.3. The number of aromatic nitrogens is 1. The fourth-order valence-electron chi connectivity index (χ4n) is 6.02. The molecule has 12 heteroatoms. The average Bonchev–Trinajstić information content (AvgIpc) is 3.40. The van der Waals surface area contributed by atoms with Crippen molar-refractivity contribution < 1.29 is 54.1 Å². The summed E-state index contributed by atoms with van der Waals surface area (Å²) in [6, 6.07) is 1.86. The maximum absolute atomic E-state index is 12.4. The molecule has 8 atom stereocenters. The monoisotopic (exact) mass is 590 g/mol. The molecule has 1 spiro atoms. The summed E-state index contributed by atoms with van der Waals surface area (Å²) in [4.78, 5) is 28.7. The maximum Gasteiger partial charge on any atom is 0.333 e. The van der Waals surface area contributed by atoms with Gasteiger partial charge < -0.3 is 49.5 Å². The second-order valence-corrected chi connectivity index (χ2v) is 11.2. The van der Waals surface area contributed by atoms with Gasteiger partial charge in [-0.3, -0.25) is 4.79 Å². The molecule has 0 bridgehead atoms. The zero-order valence-electron chi connectivity index (χ0n) is 24.0. The van der Waals surface area contributed by atoms with Crippen molar-refractivity contribution >= 4 is 23.8 Å². The standard InChI is InChI=1S/C30H40NO11/c1-5-17-19(12-24(34)35)18(28(38)39-4)8-9-21(17)40-29-26(36)27(37)30(23(14-33)41-29)13-16-11-20(15(2)3)31-25(16)22(42-30)7-6-10-32/h5,8,11,13,15,17,19,21,23,26-27,29,32-33,36-37H,1,6-7,9-10,12,14H2,2-4H3,(H,34,35)/q-1. The van der Waals surface area contributed by atoms with Crippen LogP contribution in [-0.2, 0) is 28.5 Å². The molecule has 1 aromatic rings. The van der Waals surface area contributed by atoms with Gasteiger partial charge in [0, 0.05) is 30.4 Å². The summed E-state index contributed by atoms with van der Waals surface area (Å²) >= 11 is 0. The number of carboxylic acid groups (broad SMARTS) is 1. The number of aliphatic carboxylic acids is 1. The van der Waals surface area contributed by atoms with Crippen LogP contribution in [0.3, 0.4) is 0 Å². The van der Waals surface area contributed by atoms with Crippen LogP contribution in [0.5, 0.6) is 0 Å². The van der Waals surface area contributed by atoms with Gasteiger partial charge in [0.1, 0.15) is 18.3 Å². The van der Waals surface area contributed by atoms with E-state index in [1.165, 1.54) is 19.3 Å². The minimum Gasteiger partial charge on any atom is -0.658 e. The number of aliphatic hydroxyl groups is 4. The molecule has 1 fully saturated rings. The fourth-order valence-corrected chi connectivity index (χ4v) is 6.02. The fraction of sp³-hybridized carbons (Fsp3) is 0.600. The highest BCUT2D eigenvalue weighted by atomic mass is 16.7. The van der Waals surface area contributed by atoms with Crippen LogP contribution in [0.15, 0.2) is 30.4 Å². The van der Waals surface area contributed by atoms with Gasteiger partial charge in [-0.15, -0.1) is 6.58 Å². The van der Waals surface area contributed by atoms with E-state index in [-0.39, 0.29) is 30.9 Å². The molecule has 0 saturated carbocycles. The zero-order valence-corrected chi connectivity index (χ0v) is 24.0. The normalized spacial score (nSPS) is 32.5. The molecule has 5 N–H and O–H groups in total. The highest BCUT2D eigenvalue weighted by Gasteiger charge is 2.58. The number of aliphatic hydroxyl groups excluding tert-OH is 4. The van der Waals surface area contributed by atoms with E-state index in [9.17, 15) is 35.1 Å². The Hall–Kier alpha value is -3.00. The van der Waals surface area contributed by atoms with E-state index in [2.05, 4.69) is 11.6 Å². The van der Waals surface area contributed by atoms with E-state index in [4.69, 9.17) is 18.9 Å². The lowest BCUT2D eigenvalue weighted by atomic mass is 9.74. The predicted molar refractivity (Wildman–Crippen MR) is 148 cm³/mol. The topological polar surface area (TPSA) is 186 Å². The van der Waals surface area contributed by atoms with Crippen LogP contribution in [-0.4, -0.2) is 94.1 Å². The molecular formula is C30H40NO11-. The summed E-state index contributed by atoms with van der Waals surface area (Å²) in [5, 5.41) is 53.4. The van der Waals surface area contributed by atoms with Gasteiger partial charge in [0.2, 0.25) is 0 Å². The van der Waals surface area contributed by atoms with Gasteiger partial charge in [0.05, 0.1) is 32.0 Å². The number of fused-ring (bicyclic) bond motifs is 1. The molecule has 12 nitrogen and oxygen atoms in total. The quantitative estimate of drug-likeness (QED) is 0.163. The van der Waals surface area contributed by atoms with E-state index >= 15 is 0 Å². The van der Waals surface area contributed by atoms with E-state index in [0.717, 1.165) is 5.69 Å². The molecule has 0 aromatic carbocycles. The van der Waals surface area contributed by atoms with Gasteiger partial charge in [-0.05, 0) is 30.1 Å². The summed E-state index contributed by atoms with van der Waals surface area (Å²) in [6.45, 7) is 7.09. The molecule has 1 aliphatic carbocycles. The Balaban J connectivity index is 1.66. The van der Waals surface area contributed by atoms with E-state index in [1.807, 2.05) is 19.9 Å². The number of nitrogens with zero attached hydrogens (tertiary/aromatic N) is 1. The van der Waals surface area contributed by atoms with Crippen molar-refractivity contribution in [2.24, 2.45) is 11.8 Å². The summed E-state index contributed by atoms with van der Waals surface area (Å²) in [7, 11) is 1.21. The summed E-state index contributed by atoms with van der Waals surface area (Å²) in [5.41, 5.74) is -0.697. The molecule has 2 aliphatic heterocycles. The van der Waals surface area contributed by atoms with Gasteiger partial charge in [0.15, 0.2) is 11.9 Å². The number of rotatable bonds is 11. The number of ether oxygens (including phenoxy) is 4. The first-order chi connectivity index (χ1) is 20.0. The minimum atomic E-state index is -1.69. The Labute approximate surface area is 243 Å². The minimum absolute atomic E-state index is 0.0987. The molecule has 8 unspecified atom stereocenters. The van der Waals surface area contributed by atoms with Crippen molar-refractivity contribution in [1.29, 1.82) is 0 Å². The van der Waals surface area contributed by atoms with Crippen LogP contribution in [0.4, 0.5) is 0 Å². The Bertz CT molecular complexity index is 1310. The van der Waals surface area contributed by atoms with E-state index in [0.29, 0.717) is 29.2 Å². The molecule has 232 valence electrons. The molecule has 1 saturated heterocycles. The first-order valence-corrected chi connectivity index (χ1v) is 14.1. The van der Waals surface area contributed by atoms with Crippen molar-refractivity contribution in [1.82, 2.24) is 4.98 Å². The van der Waals surface area contributed by atoms with Crippen LogP contribution in [0.1, 0.15) is 51.1 Å². The smallest absolute Gasteiger partial charge is 0.333 e. The number of carbonyl (C=O) groups excluding carboxylic acids is 1. The lowest BCUT2D eigenvalue weighted by Gasteiger charge is -2.51. The lowest BCUT2D eigenvalue weighted by molar-refractivity contribution is -0.328. The van der Waals surface area contributed by atoms with Crippen molar-refractivity contribution in [2.45, 2.75) is 81.8 Å². The predicted octanol–water partition coefficient (Wildman–Crippen LogP) is -0.582. The van der Waals surface area contributed by atoms with Gasteiger partial charge >= 0.3 is 11.9 Å². The molecule has 3 heterocycles. The number of esters is 1. The zero-order chi connectivity index (χ0) is 30.8. The third-order valence-electron chi connectivity index (χ3n) is 8.21. The first kappa shape index (κ1) is 31.9. The maximum atomic E-state index is 12.4. The van der Waals surface area contributed by atoms with Crippen LogP contribution >= 0.6 is 0 Å². The molecule has 1 aromatic heterocycles. The van der Waals surface area contributed by atoms with Gasteiger partial charge in [-0.2, -0.15) is 5.69 Å². The van der Waals surface area contributed by atoms with Crippen LogP contribution in [0.2, 0.25) is 0 Å². The number of carboxylic acids is 1. The number of carbonyl (C=O) groups is 2. The highest BCUT2D eigenvalue weighted by Crippen LogP contribution is 2.42. The van der Waals surface area contributed by atoms with Crippen LogP contribution in [0.25, 0.3) is 11.8 Å². The molecule has 42 heavy (non-hydrogen) atoms. The van der Waals surface area contributed by atoms with Crippen molar-refractivity contribution in [3.63, 3.8) is 0 Å². The third kappa shape index (κ3) is 5.92. The van der Waals surface area contributed by atoms with Gasteiger partial charge in [-0.1, -0.05) is 37.4 Å².